The van der Waals surface area contributed by atoms with Crippen LogP contribution < -0.4 is 0 Å². The van der Waals surface area contributed by atoms with Crippen LogP contribution in [0.25, 0.3) is 0 Å². The molecule has 212 valence electrons. The zero-order valence-electron chi connectivity index (χ0n) is 23.2. The van der Waals surface area contributed by atoms with E-state index in [4.69, 9.17) is 9.47 Å². The van der Waals surface area contributed by atoms with E-state index in [-0.39, 0.29) is 30.3 Å². The molecule has 7 heteroatoms. The first kappa shape index (κ1) is 34.9. The zero-order valence-corrected chi connectivity index (χ0v) is 24.1. The van der Waals surface area contributed by atoms with Crippen LogP contribution in [0, 0.1) is 0 Å². The van der Waals surface area contributed by atoms with Crippen molar-refractivity contribution in [2.75, 3.05) is 19.0 Å². The lowest BCUT2D eigenvalue weighted by molar-refractivity contribution is -0.161. The number of unbranched alkanes of at least 4 members (excludes halogenated alkanes) is 16. The smallest absolute Gasteiger partial charge is 0.306 e. The van der Waals surface area contributed by atoms with E-state index in [1.165, 1.54) is 82.4 Å². The number of ether oxygens (including phenoxy) is 2. The highest BCUT2D eigenvalue weighted by Crippen LogP contribution is 2.14. The number of hydrogen-bond donors (Lipinski definition) is 1. The lowest BCUT2D eigenvalue weighted by Gasteiger charge is -2.15. The van der Waals surface area contributed by atoms with Crippen LogP contribution in [0.2, 0.25) is 0 Å². The minimum Gasteiger partial charge on any atom is -0.462 e. The van der Waals surface area contributed by atoms with Gasteiger partial charge in [-0.05, 0) is 19.3 Å². The molecule has 1 N–H and O–H groups in total. The Bertz CT molecular complexity index is 540. The largest absolute Gasteiger partial charge is 0.462 e. The van der Waals surface area contributed by atoms with E-state index in [0.717, 1.165) is 50.7 Å². The number of rotatable bonds is 26. The molecule has 0 rings (SSSR count). The van der Waals surface area contributed by atoms with Gasteiger partial charge < -0.3 is 14.6 Å². The Morgan fingerprint density at radius 3 is 1.58 bits per heavy atom. The maximum absolute atomic E-state index is 12.0. The Morgan fingerprint density at radius 2 is 1.11 bits per heavy atom. The number of thioether (sulfide) groups is 1. The van der Waals surface area contributed by atoms with Crippen molar-refractivity contribution in [3.63, 3.8) is 0 Å². The van der Waals surface area contributed by atoms with Crippen LogP contribution in [0.15, 0.2) is 0 Å². The summed E-state index contributed by atoms with van der Waals surface area (Å²) in [5.74, 6) is 0.307. The summed E-state index contributed by atoms with van der Waals surface area (Å²) in [7, 11) is 0. The molecule has 36 heavy (non-hydrogen) atoms. The molecule has 1 atom stereocenters. The number of carbonyl (C=O) groups excluding carboxylic acids is 3. The van der Waals surface area contributed by atoms with Crippen LogP contribution in [0.3, 0.4) is 0 Å². The molecule has 0 spiro atoms. The maximum Gasteiger partial charge on any atom is 0.306 e. The Morgan fingerprint density at radius 1 is 0.667 bits per heavy atom. The number of aliphatic hydroxyl groups excluding tert-OH is 1. The summed E-state index contributed by atoms with van der Waals surface area (Å²) in [5, 5.41) is 9.64. The van der Waals surface area contributed by atoms with Gasteiger partial charge in [0.2, 0.25) is 0 Å². The van der Waals surface area contributed by atoms with Gasteiger partial charge in [0, 0.05) is 25.5 Å². The molecule has 0 bridgehead atoms. The van der Waals surface area contributed by atoms with E-state index in [2.05, 4.69) is 6.92 Å². The Labute approximate surface area is 225 Å². The highest BCUT2D eigenvalue weighted by molar-refractivity contribution is 8.13. The second-order valence-corrected chi connectivity index (χ2v) is 11.1. The summed E-state index contributed by atoms with van der Waals surface area (Å²) in [6, 6.07) is 0. The SMILES string of the molecule is CCCCCCCCCCCC(=O)O[C@H](CO)COC(=O)CCCCCCCCCCCSC(C)=O. The third-order valence-corrected chi connectivity index (χ3v) is 7.15. The first-order valence-electron chi connectivity index (χ1n) is 14.6. The minimum atomic E-state index is -0.777. The topological polar surface area (TPSA) is 89.9 Å². The molecule has 0 heterocycles. The van der Waals surface area contributed by atoms with Crippen LogP contribution in [-0.2, 0) is 23.9 Å². The molecule has 6 nitrogen and oxygen atoms in total. The van der Waals surface area contributed by atoms with Crippen LogP contribution >= 0.6 is 11.8 Å². The van der Waals surface area contributed by atoms with Crippen LogP contribution in [0.4, 0.5) is 0 Å². The van der Waals surface area contributed by atoms with E-state index in [9.17, 15) is 19.5 Å². The standard InChI is InChI=1S/C29H54O6S/c1-3-4-5-6-7-9-13-16-19-22-29(33)35-27(24-30)25-34-28(32)21-18-15-12-10-8-11-14-17-20-23-36-26(2)31/h27,30H,3-25H2,1-2H3/t27-/m1/s1. The maximum atomic E-state index is 12.0. The molecule has 0 aliphatic rings. The highest BCUT2D eigenvalue weighted by Gasteiger charge is 2.16. The summed E-state index contributed by atoms with van der Waals surface area (Å²) < 4.78 is 10.5. The molecule has 0 fully saturated rings. The minimum absolute atomic E-state index is 0.0796. The number of hydrogen-bond acceptors (Lipinski definition) is 7. The van der Waals surface area contributed by atoms with Gasteiger partial charge in [0.05, 0.1) is 6.61 Å². The lowest BCUT2D eigenvalue weighted by Crippen LogP contribution is -2.28. The average Bonchev–Trinajstić information content (AvgIpc) is 2.85. The van der Waals surface area contributed by atoms with Crippen LogP contribution in [0.1, 0.15) is 142 Å². The zero-order chi connectivity index (χ0) is 26.7. The third-order valence-electron chi connectivity index (χ3n) is 6.25. The normalized spacial score (nSPS) is 11.9. The van der Waals surface area contributed by atoms with Crippen molar-refractivity contribution in [3.8, 4) is 0 Å². The molecule has 0 aromatic carbocycles. The fraction of sp³-hybridized carbons (Fsp3) is 0.897. The first-order valence-corrected chi connectivity index (χ1v) is 15.6. The Hall–Kier alpha value is -1.08. The average molecular weight is 531 g/mol. The van der Waals surface area contributed by atoms with Gasteiger partial charge >= 0.3 is 11.9 Å². The predicted octanol–water partition coefficient (Wildman–Crippen LogP) is 7.54. The van der Waals surface area contributed by atoms with Gasteiger partial charge in [-0.2, -0.15) is 0 Å². The van der Waals surface area contributed by atoms with Crippen LogP contribution in [-0.4, -0.2) is 47.2 Å². The Kier molecular flexibility index (Phi) is 26.2. The van der Waals surface area contributed by atoms with Crippen molar-refractivity contribution in [2.45, 2.75) is 148 Å². The molecular weight excluding hydrogens is 476 g/mol. The van der Waals surface area contributed by atoms with Gasteiger partial charge in [-0.1, -0.05) is 115 Å². The monoisotopic (exact) mass is 530 g/mol. The number of esters is 2. The van der Waals surface area contributed by atoms with Crippen molar-refractivity contribution in [2.24, 2.45) is 0 Å². The molecule has 0 radical (unpaired) electrons. The number of aliphatic hydroxyl groups is 1. The first-order chi connectivity index (χ1) is 17.5. The molecule has 0 amide bonds. The fourth-order valence-electron chi connectivity index (χ4n) is 4.03. The van der Waals surface area contributed by atoms with Gasteiger partial charge in [-0.25, -0.2) is 0 Å². The van der Waals surface area contributed by atoms with Gasteiger partial charge in [0.25, 0.3) is 0 Å². The summed E-state index contributed by atoms with van der Waals surface area (Å²) in [6.45, 7) is 3.42. The summed E-state index contributed by atoms with van der Waals surface area (Å²) in [6.07, 6.45) is 20.6. The van der Waals surface area contributed by atoms with Gasteiger partial charge in [-0.3, -0.25) is 14.4 Å². The lowest BCUT2D eigenvalue weighted by atomic mass is 10.1. The second kappa shape index (κ2) is 27.0. The summed E-state index contributed by atoms with van der Waals surface area (Å²) in [4.78, 5) is 34.8. The molecule has 0 aromatic rings. The molecule has 0 unspecified atom stereocenters. The quantitative estimate of drug-likeness (QED) is 0.0912. The molecule has 0 saturated carbocycles. The van der Waals surface area contributed by atoms with Crippen molar-refractivity contribution in [1.29, 1.82) is 0 Å². The van der Waals surface area contributed by atoms with E-state index in [0.29, 0.717) is 12.8 Å². The van der Waals surface area contributed by atoms with E-state index >= 15 is 0 Å². The predicted molar refractivity (Wildman–Crippen MR) is 149 cm³/mol. The molecular formula is C29H54O6S. The van der Waals surface area contributed by atoms with Gasteiger partial charge in [0.1, 0.15) is 6.61 Å². The van der Waals surface area contributed by atoms with E-state index in [1.807, 2.05) is 0 Å². The van der Waals surface area contributed by atoms with Crippen molar-refractivity contribution < 1.29 is 29.0 Å². The molecule has 0 aliphatic carbocycles. The van der Waals surface area contributed by atoms with Gasteiger partial charge in [0.15, 0.2) is 11.2 Å². The summed E-state index contributed by atoms with van der Waals surface area (Å²) in [5.41, 5.74) is 0. The van der Waals surface area contributed by atoms with Crippen LogP contribution in [0.5, 0.6) is 0 Å². The summed E-state index contributed by atoms with van der Waals surface area (Å²) >= 11 is 1.42. The third kappa shape index (κ3) is 26.0. The second-order valence-electron chi connectivity index (χ2n) is 9.83. The molecule has 0 aromatic heterocycles. The Balaban J connectivity index is 3.57. The number of carbonyl (C=O) groups is 3. The van der Waals surface area contributed by atoms with E-state index < -0.39 is 6.10 Å². The van der Waals surface area contributed by atoms with E-state index in [1.54, 1.807) is 6.92 Å². The van der Waals surface area contributed by atoms with Crippen molar-refractivity contribution in [3.05, 3.63) is 0 Å². The van der Waals surface area contributed by atoms with Crippen molar-refractivity contribution >= 4 is 28.8 Å². The molecule has 0 aliphatic heterocycles. The highest BCUT2D eigenvalue weighted by atomic mass is 32.2. The molecule has 0 saturated heterocycles. The fourth-order valence-corrected chi connectivity index (χ4v) is 4.67. The van der Waals surface area contributed by atoms with Gasteiger partial charge in [-0.15, -0.1) is 0 Å². The van der Waals surface area contributed by atoms with Crippen molar-refractivity contribution in [1.82, 2.24) is 0 Å².